The maximum absolute atomic E-state index is 10.3. The third-order valence-corrected chi connectivity index (χ3v) is 3.59. The van der Waals surface area contributed by atoms with Crippen molar-refractivity contribution in [1.29, 1.82) is 0 Å². The molecule has 1 aromatic rings. The van der Waals surface area contributed by atoms with Crippen molar-refractivity contribution in [1.82, 2.24) is 9.88 Å². The Labute approximate surface area is 99.2 Å². The molecule has 1 saturated heterocycles. The first-order valence-electron chi connectivity index (χ1n) is 5.55. The third-order valence-electron chi connectivity index (χ3n) is 2.64. The predicted molar refractivity (Wildman–Crippen MR) is 62.8 cm³/mol. The van der Waals surface area contributed by atoms with Crippen LogP contribution in [0.4, 0.5) is 0 Å². The van der Waals surface area contributed by atoms with Crippen molar-refractivity contribution in [3.8, 4) is 0 Å². The number of hydrogen-bond donors (Lipinski definition) is 0. The number of hydrogen-bond acceptors (Lipinski definition) is 5. The van der Waals surface area contributed by atoms with Crippen LogP contribution in [0.15, 0.2) is 5.38 Å². The van der Waals surface area contributed by atoms with Crippen LogP contribution in [0.1, 0.15) is 10.7 Å². The second kappa shape index (κ2) is 6.08. The molecule has 5 heteroatoms. The van der Waals surface area contributed by atoms with Gasteiger partial charge in [0.25, 0.3) is 0 Å². The summed E-state index contributed by atoms with van der Waals surface area (Å²) in [6.45, 7) is 4.76. The zero-order valence-electron chi connectivity index (χ0n) is 9.22. The molecule has 0 bridgehead atoms. The molecule has 4 nitrogen and oxygen atoms in total. The van der Waals surface area contributed by atoms with E-state index in [1.54, 1.807) is 11.3 Å². The molecule has 1 aliphatic rings. The molecule has 88 valence electrons. The van der Waals surface area contributed by atoms with Gasteiger partial charge in [0.1, 0.15) is 6.29 Å². The van der Waals surface area contributed by atoms with Crippen LogP contribution in [0.3, 0.4) is 0 Å². The average molecular weight is 240 g/mol. The molecule has 1 fully saturated rings. The fourth-order valence-corrected chi connectivity index (χ4v) is 2.52. The molecular formula is C11H16N2O2S. The van der Waals surface area contributed by atoms with Crippen molar-refractivity contribution in [2.75, 3.05) is 32.8 Å². The highest BCUT2D eigenvalue weighted by atomic mass is 32.1. The van der Waals surface area contributed by atoms with Crippen LogP contribution < -0.4 is 0 Å². The lowest BCUT2D eigenvalue weighted by atomic mass is 10.3. The Morgan fingerprint density at radius 3 is 3.06 bits per heavy atom. The molecule has 0 N–H and O–H groups in total. The lowest BCUT2D eigenvalue weighted by Gasteiger charge is -2.25. The first-order chi connectivity index (χ1) is 7.88. The van der Waals surface area contributed by atoms with Crippen LogP contribution in [0.25, 0.3) is 0 Å². The first-order valence-corrected chi connectivity index (χ1v) is 6.43. The minimum atomic E-state index is 0.439. The molecule has 0 aliphatic carbocycles. The summed E-state index contributed by atoms with van der Waals surface area (Å²) < 4.78 is 5.29. The Morgan fingerprint density at radius 2 is 2.31 bits per heavy atom. The lowest BCUT2D eigenvalue weighted by molar-refractivity contribution is -0.107. The molecule has 1 aromatic heterocycles. The summed E-state index contributed by atoms with van der Waals surface area (Å²) in [5.41, 5.74) is 0.900. The van der Waals surface area contributed by atoms with E-state index in [9.17, 15) is 4.79 Å². The number of aromatic nitrogens is 1. The molecule has 16 heavy (non-hydrogen) atoms. The summed E-state index contributed by atoms with van der Waals surface area (Å²) in [5.74, 6) is 0. The van der Waals surface area contributed by atoms with Crippen LogP contribution in [-0.2, 0) is 22.4 Å². The number of aldehydes is 1. The van der Waals surface area contributed by atoms with Crippen LogP contribution in [0.2, 0.25) is 0 Å². The van der Waals surface area contributed by atoms with Crippen molar-refractivity contribution in [2.45, 2.75) is 12.8 Å². The molecule has 0 saturated carbocycles. The topological polar surface area (TPSA) is 42.4 Å². The van der Waals surface area contributed by atoms with Gasteiger partial charge in [0.2, 0.25) is 0 Å². The Hall–Kier alpha value is -0.780. The van der Waals surface area contributed by atoms with Crippen LogP contribution >= 0.6 is 11.3 Å². The van der Waals surface area contributed by atoms with E-state index >= 15 is 0 Å². The van der Waals surface area contributed by atoms with E-state index in [1.807, 2.05) is 5.38 Å². The molecular weight excluding hydrogens is 224 g/mol. The highest BCUT2D eigenvalue weighted by molar-refractivity contribution is 7.09. The van der Waals surface area contributed by atoms with Crippen molar-refractivity contribution in [3.63, 3.8) is 0 Å². The Balaban J connectivity index is 1.77. The summed E-state index contributed by atoms with van der Waals surface area (Å²) >= 11 is 1.65. The summed E-state index contributed by atoms with van der Waals surface area (Å²) in [6, 6.07) is 0. The standard InChI is InChI=1S/C11H16N2O2S/c14-6-2-10-9-16-11(12-10)1-3-13-4-7-15-8-5-13/h6,9H,1-5,7-8H2. The van der Waals surface area contributed by atoms with Gasteiger partial charge >= 0.3 is 0 Å². The van der Waals surface area contributed by atoms with Gasteiger partial charge in [0, 0.05) is 37.9 Å². The minimum Gasteiger partial charge on any atom is -0.379 e. The second-order valence-electron chi connectivity index (χ2n) is 3.81. The van der Waals surface area contributed by atoms with Crippen LogP contribution in [-0.4, -0.2) is 49.0 Å². The molecule has 2 heterocycles. The first kappa shape index (κ1) is 11.7. The largest absolute Gasteiger partial charge is 0.379 e. The van der Waals surface area contributed by atoms with Gasteiger partial charge in [-0.1, -0.05) is 0 Å². The Morgan fingerprint density at radius 1 is 1.50 bits per heavy atom. The van der Waals surface area contributed by atoms with Gasteiger partial charge in [-0.05, 0) is 0 Å². The monoisotopic (exact) mass is 240 g/mol. The quantitative estimate of drug-likeness (QED) is 0.713. The van der Waals surface area contributed by atoms with Crippen molar-refractivity contribution in [2.24, 2.45) is 0 Å². The number of morpholine rings is 1. The van der Waals surface area contributed by atoms with Crippen molar-refractivity contribution in [3.05, 3.63) is 16.1 Å². The fourth-order valence-electron chi connectivity index (χ4n) is 1.72. The normalized spacial score (nSPS) is 17.5. The summed E-state index contributed by atoms with van der Waals surface area (Å²) in [4.78, 5) is 17.1. The molecule has 0 aromatic carbocycles. The fraction of sp³-hybridized carbons (Fsp3) is 0.636. The third kappa shape index (κ3) is 3.37. The van der Waals surface area contributed by atoms with Gasteiger partial charge in [-0.3, -0.25) is 4.90 Å². The summed E-state index contributed by atoms with van der Waals surface area (Å²) in [5, 5.41) is 3.10. The van der Waals surface area contributed by atoms with E-state index in [-0.39, 0.29) is 0 Å². The van der Waals surface area contributed by atoms with Gasteiger partial charge < -0.3 is 9.53 Å². The molecule has 0 atom stereocenters. The minimum absolute atomic E-state index is 0.439. The number of ether oxygens (including phenoxy) is 1. The smallest absolute Gasteiger partial charge is 0.125 e. The zero-order valence-corrected chi connectivity index (χ0v) is 10.0. The Bertz CT molecular complexity index is 334. The molecule has 1 aliphatic heterocycles. The highest BCUT2D eigenvalue weighted by Gasteiger charge is 2.10. The number of nitrogens with zero attached hydrogens (tertiary/aromatic N) is 2. The Kier molecular flexibility index (Phi) is 4.44. The van der Waals surface area contributed by atoms with Gasteiger partial charge in [0.05, 0.1) is 23.9 Å². The molecule has 0 amide bonds. The van der Waals surface area contributed by atoms with E-state index in [0.29, 0.717) is 6.42 Å². The number of thiazole rings is 1. The van der Waals surface area contributed by atoms with E-state index in [1.165, 1.54) is 0 Å². The summed E-state index contributed by atoms with van der Waals surface area (Å²) in [7, 11) is 0. The van der Waals surface area contributed by atoms with Crippen LogP contribution in [0, 0.1) is 0 Å². The predicted octanol–water partition coefficient (Wildman–Crippen LogP) is 0.759. The number of carbonyl (C=O) groups excluding carboxylic acids is 1. The van der Waals surface area contributed by atoms with E-state index < -0.39 is 0 Å². The van der Waals surface area contributed by atoms with Crippen LogP contribution in [0.5, 0.6) is 0 Å². The van der Waals surface area contributed by atoms with Gasteiger partial charge in [-0.25, -0.2) is 4.98 Å². The maximum Gasteiger partial charge on any atom is 0.125 e. The molecule has 0 radical (unpaired) electrons. The van der Waals surface area contributed by atoms with Gasteiger partial charge in [-0.2, -0.15) is 0 Å². The number of rotatable bonds is 5. The molecule has 2 rings (SSSR count). The maximum atomic E-state index is 10.3. The lowest BCUT2D eigenvalue weighted by Crippen LogP contribution is -2.37. The molecule has 0 spiro atoms. The highest BCUT2D eigenvalue weighted by Crippen LogP contribution is 2.11. The summed E-state index contributed by atoms with van der Waals surface area (Å²) in [6.07, 6.45) is 2.32. The molecule has 0 unspecified atom stereocenters. The van der Waals surface area contributed by atoms with Gasteiger partial charge in [-0.15, -0.1) is 11.3 Å². The van der Waals surface area contributed by atoms with Crippen molar-refractivity contribution >= 4 is 17.6 Å². The van der Waals surface area contributed by atoms with E-state index in [2.05, 4.69) is 9.88 Å². The second-order valence-corrected chi connectivity index (χ2v) is 4.75. The zero-order chi connectivity index (χ0) is 11.2. The average Bonchev–Trinajstić information content (AvgIpc) is 2.76. The SMILES string of the molecule is O=CCc1csc(CCN2CCOCC2)n1. The van der Waals surface area contributed by atoms with E-state index in [0.717, 1.165) is 56.3 Å². The van der Waals surface area contributed by atoms with Crippen molar-refractivity contribution < 1.29 is 9.53 Å². The van der Waals surface area contributed by atoms with E-state index in [4.69, 9.17) is 4.74 Å². The van der Waals surface area contributed by atoms with Gasteiger partial charge in [0.15, 0.2) is 0 Å². The number of carbonyl (C=O) groups is 1.